The first-order valence-corrected chi connectivity index (χ1v) is 8.25. The summed E-state index contributed by atoms with van der Waals surface area (Å²) in [5, 5.41) is 3.74. The van der Waals surface area contributed by atoms with E-state index in [1.807, 2.05) is 0 Å². The van der Waals surface area contributed by atoms with E-state index in [2.05, 4.69) is 53.8 Å². The average molecular weight is 271 g/mol. The van der Waals surface area contributed by atoms with Crippen LogP contribution >= 0.6 is 0 Å². The summed E-state index contributed by atoms with van der Waals surface area (Å²) in [4.78, 5) is 0. The Balaban J connectivity index is 4.00. The van der Waals surface area contributed by atoms with Gasteiger partial charge in [0.05, 0.1) is 0 Å². The first kappa shape index (κ1) is 18.9. The van der Waals surface area contributed by atoms with Crippen molar-refractivity contribution in [3.8, 4) is 0 Å². The first-order chi connectivity index (χ1) is 8.70. The lowest BCUT2D eigenvalue weighted by Gasteiger charge is -2.31. The highest BCUT2D eigenvalue weighted by Gasteiger charge is 2.23. The fraction of sp³-hybridized carbons (Fsp3) is 1.00. The van der Waals surface area contributed by atoms with Crippen molar-refractivity contribution in [2.45, 2.75) is 98.2 Å². The van der Waals surface area contributed by atoms with Crippen molar-refractivity contribution in [1.82, 2.24) is 5.32 Å². The van der Waals surface area contributed by atoms with Crippen LogP contribution in [-0.2, 0) is 0 Å². The van der Waals surface area contributed by atoms with Gasteiger partial charge in [0.2, 0.25) is 0 Å². The molecule has 2 heteroatoms. The van der Waals surface area contributed by atoms with Crippen molar-refractivity contribution in [2.75, 3.05) is 0 Å². The molecule has 0 aromatic carbocycles. The number of hydrogen-bond donors (Lipinski definition) is 2. The van der Waals surface area contributed by atoms with Crippen molar-refractivity contribution in [2.24, 2.45) is 17.6 Å². The number of nitrogens with two attached hydrogens (primary N) is 1. The molecule has 116 valence electrons. The smallest absolute Gasteiger partial charge is 0.0125 e. The van der Waals surface area contributed by atoms with Gasteiger partial charge in [-0.15, -0.1) is 0 Å². The molecule has 0 aliphatic carbocycles. The van der Waals surface area contributed by atoms with Gasteiger partial charge in [-0.05, 0) is 58.8 Å². The quantitative estimate of drug-likeness (QED) is 0.620. The normalized spacial score (nSPS) is 18.9. The molecule has 0 spiro atoms. The summed E-state index contributed by atoms with van der Waals surface area (Å²) in [6.07, 6.45) is 6.19. The minimum Gasteiger partial charge on any atom is -0.325 e. The Kier molecular flexibility index (Phi) is 8.93. The van der Waals surface area contributed by atoms with Gasteiger partial charge in [0.25, 0.3) is 0 Å². The highest BCUT2D eigenvalue weighted by atomic mass is 14.9. The van der Waals surface area contributed by atoms with E-state index in [0.29, 0.717) is 18.0 Å². The van der Waals surface area contributed by atoms with Crippen molar-refractivity contribution < 1.29 is 0 Å². The Hall–Kier alpha value is -0.0800. The van der Waals surface area contributed by atoms with Crippen molar-refractivity contribution in [1.29, 1.82) is 0 Å². The maximum absolute atomic E-state index is 6.24. The zero-order valence-electron chi connectivity index (χ0n) is 14.4. The second kappa shape index (κ2) is 8.97. The van der Waals surface area contributed by atoms with Crippen LogP contribution in [-0.4, -0.2) is 17.6 Å². The van der Waals surface area contributed by atoms with Gasteiger partial charge in [-0.1, -0.05) is 33.6 Å². The van der Waals surface area contributed by atoms with Crippen molar-refractivity contribution in [3.05, 3.63) is 0 Å². The fourth-order valence-corrected chi connectivity index (χ4v) is 2.96. The van der Waals surface area contributed by atoms with E-state index in [-0.39, 0.29) is 5.54 Å². The van der Waals surface area contributed by atoms with E-state index in [1.165, 1.54) is 32.1 Å². The van der Waals surface area contributed by atoms with Gasteiger partial charge < -0.3 is 11.1 Å². The summed E-state index contributed by atoms with van der Waals surface area (Å²) in [5.74, 6) is 1.45. The minimum atomic E-state index is -0.0448. The SMILES string of the molecule is CCC(C)CC(C)NC(C)CCC(CC)C(C)(C)N. The van der Waals surface area contributed by atoms with E-state index in [0.717, 1.165) is 5.92 Å². The van der Waals surface area contributed by atoms with Crippen molar-refractivity contribution in [3.63, 3.8) is 0 Å². The number of rotatable bonds is 10. The van der Waals surface area contributed by atoms with Crippen LogP contribution in [0.2, 0.25) is 0 Å². The van der Waals surface area contributed by atoms with Crippen LogP contribution in [0, 0.1) is 11.8 Å². The van der Waals surface area contributed by atoms with Gasteiger partial charge in [0.15, 0.2) is 0 Å². The summed E-state index contributed by atoms with van der Waals surface area (Å²) in [7, 11) is 0. The molecule has 0 radical (unpaired) electrons. The first-order valence-electron chi connectivity index (χ1n) is 8.25. The van der Waals surface area contributed by atoms with Crippen LogP contribution in [0.4, 0.5) is 0 Å². The standard InChI is InChI=1S/C17H38N2/c1-8-13(3)12-15(5)19-14(4)10-11-16(9-2)17(6,7)18/h13-16,19H,8-12,18H2,1-7H3. The summed E-state index contributed by atoms with van der Waals surface area (Å²) in [6.45, 7) is 15.8. The summed E-state index contributed by atoms with van der Waals surface area (Å²) >= 11 is 0. The molecular weight excluding hydrogens is 232 g/mol. The monoisotopic (exact) mass is 270 g/mol. The minimum absolute atomic E-state index is 0.0448. The molecular formula is C17H38N2. The second-order valence-corrected chi connectivity index (χ2v) is 7.22. The molecule has 0 saturated heterocycles. The van der Waals surface area contributed by atoms with Gasteiger partial charge in [0, 0.05) is 17.6 Å². The second-order valence-electron chi connectivity index (χ2n) is 7.22. The van der Waals surface area contributed by atoms with Crippen LogP contribution in [0.15, 0.2) is 0 Å². The summed E-state index contributed by atoms with van der Waals surface area (Å²) < 4.78 is 0. The summed E-state index contributed by atoms with van der Waals surface area (Å²) in [6, 6.07) is 1.21. The Morgan fingerprint density at radius 2 is 1.53 bits per heavy atom. The predicted molar refractivity (Wildman–Crippen MR) is 87.4 cm³/mol. The van der Waals surface area contributed by atoms with E-state index in [9.17, 15) is 0 Å². The lowest BCUT2D eigenvalue weighted by molar-refractivity contribution is 0.269. The Bertz CT molecular complexity index is 220. The molecule has 3 N–H and O–H groups in total. The van der Waals surface area contributed by atoms with Gasteiger partial charge in [-0.3, -0.25) is 0 Å². The van der Waals surface area contributed by atoms with E-state index in [1.54, 1.807) is 0 Å². The largest absolute Gasteiger partial charge is 0.325 e. The maximum Gasteiger partial charge on any atom is 0.0125 e. The van der Waals surface area contributed by atoms with Crippen LogP contribution in [0.25, 0.3) is 0 Å². The van der Waals surface area contributed by atoms with E-state index < -0.39 is 0 Å². The highest BCUT2D eigenvalue weighted by molar-refractivity contribution is 4.82. The molecule has 19 heavy (non-hydrogen) atoms. The summed E-state index contributed by atoms with van der Waals surface area (Å²) in [5.41, 5.74) is 6.20. The topological polar surface area (TPSA) is 38.0 Å². The van der Waals surface area contributed by atoms with Crippen LogP contribution in [0.1, 0.15) is 80.6 Å². The Morgan fingerprint density at radius 3 is 1.95 bits per heavy atom. The fourth-order valence-electron chi connectivity index (χ4n) is 2.96. The highest BCUT2D eigenvalue weighted by Crippen LogP contribution is 2.23. The molecule has 0 aliphatic heterocycles. The van der Waals surface area contributed by atoms with Crippen LogP contribution < -0.4 is 11.1 Å². The van der Waals surface area contributed by atoms with Crippen LogP contribution in [0.3, 0.4) is 0 Å². The zero-order chi connectivity index (χ0) is 15.1. The van der Waals surface area contributed by atoms with E-state index in [4.69, 9.17) is 5.73 Å². The predicted octanol–water partition coefficient (Wildman–Crippen LogP) is 4.33. The molecule has 0 saturated carbocycles. The molecule has 0 bridgehead atoms. The zero-order valence-corrected chi connectivity index (χ0v) is 14.4. The van der Waals surface area contributed by atoms with Gasteiger partial charge in [-0.2, -0.15) is 0 Å². The number of hydrogen-bond acceptors (Lipinski definition) is 2. The molecule has 4 unspecified atom stereocenters. The van der Waals surface area contributed by atoms with E-state index >= 15 is 0 Å². The molecule has 0 heterocycles. The third kappa shape index (κ3) is 8.65. The molecule has 0 rings (SSSR count). The molecule has 0 aromatic heterocycles. The molecule has 4 atom stereocenters. The number of nitrogens with one attached hydrogen (secondary N) is 1. The Labute approximate surface area is 121 Å². The van der Waals surface area contributed by atoms with Gasteiger partial charge in [0.1, 0.15) is 0 Å². The maximum atomic E-state index is 6.24. The molecule has 0 amide bonds. The Morgan fingerprint density at radius 1 is 0.947 bits per heavy atom. The van der Waals surface area contributed by atoms with Crippen LogP contribution in [0.5, 0.6) is 0 Å². The molecule has 0 aromatic rings. The lowest BCUT2D eigenvalue weighted by atomic mass is 9.82. The molecule has 2 nitrogen and oxygen atoms in total. The third-order valence-electron chi connectivity index (χ3n) is 4.52. The van der Waals surface area contributed by atoms with Gasteiger partial charge in [-0.25, -0.2) is 0 Å². The molecule has 0 fully saturated rings. The molecule has 0 aliphatic rings. The average Bonchev–Trinajstić information content (AvgIpc) is 2.27. The van der Waals surface area contributed by atoms with Gasteiger partial charge >= 0.3 is 0 Å². The third-order valence-corrected chi connectivity index (χ3v) is 4.52. The lowest BCUT2D eigenvalue weighted by Crippen LogP contribution is -2.42. The van der Waals surface area contributed by atoms with Crippen molar-refractivity contribution >= 4 is 0 Å².